The monoisotopic (exact) mass is 878 g/mol. The second-order valence-electron chi connectivity index (χ2n) is 13.4. The molecule has 6 rings (SSSR count). The minimum atomic E-state index is -0.559. The molecule has 5 fully saturated rings. The van der Waals surface area contributed by atoms with Gasteiger partial charge in [0.05, 0.1) is 6.54 Å². The number of amides is 8. The third-order valence-electron chi connectivity index (χ3n) is 9.49. The molecule has 0 spiro atoms. The van der Waals surface area contributed by atoms with Crippen LogP contribution >= 0.6 is 0 Å². The van der Waals surface area contributed by atoms with Gasteiger partial charge in [-0.05, 0) is 44.2 Å². The molecule has 4 atom stereocenters. The van der Waals surface area contributed by atoms with Crippen LogP contribution in [0.3, 0.4) is 0 Å². The summed E-state index contributed by atoms with van der Waals surface area (Å²) >= 11 is 0. The van der Waals surface area contributed by atoms with Crippen LogP contribution in [0.1, 0.15) is 167 Å². The summed E-state index contributed by atoms with van der Waals surface area (Å²) in [5.41, 5.74) is -0.230. The number of likely N-dealkylation sites (N-methyl/N-ethyl adjacent to an activating group) is 1. The van der Waals surface area contributed by atoms with E-state index in [-0.39, 0.29) is 53.3 Å². The first-order chi connectivity index (χ1) is 29.8. The third kappa shape index (κ3) is 21.4. The van der Waals surface area contributed by atoms with E-state index in [0.717, 1.165) is 25.9 Å². The number of rotatable bonds is 5. The van der Waals surface area contributed by atoms with Crippen LogP contribution in [0.4, 0.5) is 0 Å². The molecule has 3 N–H and O–H groups in total. The van der Waals surface area contributed by atoms with E-state index < -0.39 is 24.0 Å². The molecular weight excluding hydrogens is 795 g/mol. The standard InChI is InChI=1S/C12H18N2O3.C11H17N3O3.C10H10N2O3.C3H8.5C2H6/c1-2-8-5-6-14(11(16)7-8)9-3-4-10(15)13-12(9)17;1-2-13-5-6-14(10(16)7-13)8-3-4-9(15)12-11(8)17;13-8-5-4-7(10(15)11-8)12-6-2-1-3-9(12)14;1-3-2;5*1-2/h8-9H,2-7H2,1H3,(H,13,15,17);8H,2-7H2,1H3,(H,12,15,17);1-3,6-7H,4-5H2,(H,11,13,15);3H2,1-2H3;5*1-2H3. The maximum absolute atomic E-state index is 12.0. The first-order valence-corrected chi connectivity index (χ1v) is 23.3. The lowest BCUT2D eigenvalue weighted by Crippen LogP contribution is -2.60. The molecule has 0 radical (unpaired) electrons. The number of hydrogen-bond acceptors (Lipinski definition) is 10. The normalized spacial score (nSPS) is 21.7. The quantitative estimate of drug-likeness (QED) is 0.305. The Morgan fingerprint density at radius 1 is 0.532 bits per heavy atom. The Labute approximate surface area is 372 Å². The van der Waals surface area contributed by atoms with Crippen molar-refractivity contribution in [2.75, 3.05) is 32.7 Å². The van der Waals surface area contributed by atoms with Crippen molar-refractivity contribution in [2.24, 2.45) is 5.92 Å². The molecular formula is C46H83N7O9. The number of carbonyl (C=O) groups excluding carboxylic acids is 8. The fourth-order valence-electron chi connectivity index (χ4n) is 6.53. The maximum Gasteiger partial charge on any atom is 0.251 e. The molecule has 6 heterocycles. The van der Waals surface area contributed by atoms with Gasteiger partial charge in [0.2, 0.25) is 47.3 Å². The summed E-state index contributed by atoms with van der Waals surface area (Å²) in [6.07, 6.45) is 7.53. The van der Waals surface area contributed by atoms with Gasteiger partial charge in [0.15, 0.2) is 0 Å². The van der Waals surface area contributed by atoms with Crippen molar-refractivity contribution in [3.8, 4) is 0 Å². The SMILES string of the molecule is CC.CC.CC.CC.CC.CCC.CCC1CCN(C2CCC(=O)NC2=O)C(=O)C1.CCN1CCN(C2CCC(=O)NC2=O)C(=O)C1.O=C1CCC(n2ccccc2=O)C(=O)N1. The summed E-state index contributed by atoms with van der Waals surface area (Å²) in [4.78, 5) is 108. The Bertz CT molecular complexity index is 1480. The summed E-state index contributed by atoms with van der Waals surface area (Å²) in [7, 11) is 0. The van der Waals surface area contributed by atoms with Gasteiger partial charge < -0.3 is 14.4 Å². The van der Waals surface area contributed by atoms with Gasteiger partial charge in [0.25, 0.3) is 5.56 Å². The number of carbonyl (C=O) groups is 8. The molecule has 0 aromatic carbocycles. The van der Waals surface area contributed by atoms with E-state index in [1.807, 2.05) is 81.1 Å². The number of hydrogen-bond donors (Lipinski definition) is 3. The molecule has 4 unspecified atom stereocenters. The zero-order chi connectivity index (χ0) is 48.4. The Hall–Kier alpha value is -4.73. The average molecular weight is 878 g/mol. The Balaban J connectivity index is -0.000000742. The molecule has 356 valence electrons. The predicted molar refractivity (Wildman–Crippen MR) is 246 cm³/mol. The molecule has 5 aliphatic heterocycles. The molecule has 16 nitrogen and oxygen atoms in total. The number of imide groups is 3. The molecule has 0 aliphatic carbocycles. The fraction of sp³-hybridized carbons (Fsp3) is 0.717. The molecule has 5 aliphatic rings. The van der Waals surface area contributed by atoms with Gasteiger partial charge in [-0.2, -0.15) is 0 Å². The van der Waals surface area contributed by atoms with Gasteiger partial charge in [-0.1, -0.05) is 116 Å². The van der Waals surface area contributed by atoms with Crippen LogP contribution in [-0.4, -0.2) is 111 Å². The van der Waals surface area contributed by atoms with Crippen molar-refractivity contribution >= 4 is 47.3 Å². The van der Waals surface area contributed by atoms with E-state index in [4.69, 9.17) is 0 Å². The van der Waals surface area contributed by atoms with Crippen LogP contribution in [0.25, 0.3) is 0 Å². The Morgan fingerprint density at radius 3 is 1.31 bits per heavy atom. The number of piperidine rings is 4. The first-order valence-electron chi connectivity index (χ1n) is 23.3. The van der Waals surface area contributed by atoms with E-state index in [0.29, 0.717) is 64.1 Å². The zero-order valence-corrected chi connectivity index (χ0v) is 40.7. The highest BCUT2D eigenvalue weighted by atomic mass is 16.2. The highest BCUT2D eigenvalue weighted by Gasteiger charge is 2.38. The van der Waals surface area contributed by atoms with Crippen LogP contribution in [0.15, 0.2) is 29.2 Å². The second kappa shape index (κ2) is 36.9. The fourth-order valence-corrected chi connectivity index (χ4v) is 6.53. The van der Waals surface area contributed by atoms with Gasteiger partial charge in [-0.3, -0.25) is 64.0 Å². The van der Waals surface area contributed by atoms with Crippen LogP contribution in [0.2, 0.25) is 0 Å². The van der Waals surface area contributed by atoms with Gasteiger partial charge in [0.1, 0.15) is 18.1 Å². The van der Waals surface area contributed by atoms with Crippen LogP contribution < -0.4 is 21.5 Å². The highest BCUT2D eigenvalue weighted by molar-refractivity contribution is 6.02. The predicted octanol–water partition coefficient (Wildman–Crippen LogP) is 5.77. The number of nitrogens with zero attached hydrogens (tertiary/aromatic N) is 4. The van der Waals surface area contributed by atoms with Crippen molar-refractivity contribution in [3.63, 3.8) is 0 Å². The van der Waals surface area contributed by atoms with Gasteiger partial charge in [-0.25, -0.2) is 0 Å². The van der Waals surface area contributed by atoms with Gasteiger partial charge in [-0.15, -0.1) is 0 Å². The van der Waals surface area contributed by atoms with Gasteiger partial charge in [0, 0.05) is 57.6 Å². The number of piperazine rings is 1. The molecule has 0 bridgehead atoms. The van der Waals surface area contributed by atoms with Crippen molar-refractivity contribution < 1.29 is 38.4 Å². The molecule has 1 aromatic heterocycles. The minimum absolute atomic E-state index is 0.0207. The number of aromatic nitrogens is 1. The van der Waals surface area contributed by atoms with Gasteiger partial charge >= 0.3 is 0 Å². The van der Waals surface area contributed by atoms with E-state index in [9.17, 15) is 43.2 Å². The molecule has 16 heteroatoms. The van der Waals surface area contributed by atoms with Crippen LogP contribution in [0, 0.1) is 5.92 Å². The Morgan fingerprint density at radius 2 is 0.952 bits per heavy atom. The summed E-state index contributed by atoms with van der Waals surface area (Å²) in [6, 6.07) is 3.24. The van der Waals surface area contributed by atoms with Crippen molar-refractivity contribution in [2.45, 2.75) is 179 Å². The highest BCUT2D eigenvalue weighted by Crippen LogP contribution is 2.25. The lowest BCUT2D eigenvalue weighted by atomic mass is 9.91. The van der Waals surface area contributed by atoms with Crippen LogP contribution in [0.5, 0.6) is 0 Å². The second-order valence-corrected chi connectivity index (χ2v) is 13.4. The lowest BCUT2D eigenvalue weighted by Gasteiger charge is -2.39. The molecule has 8 amide bonds. The van der Waals surface area contributed by atoms with E-state index in [2.05, 4.69) is 36.7 Å². The zero-order valence-electron chi connectivity index (χ0n) is 40.7. The smallest absolute Gasteiger partial charge is 0.251 e. The largest absolute Gasteiger partial charge is 0.331 e. The lowest BCUT2D eigenvalue weighted by molar-refractivity contribution is -0.148. The number of pyridine rings is 1. The third-order valence-corrected chi connectivity index (χ3v) is 9.49. The molecule has 1 aromatic rings. The van der Waals surface area contributed by atoms with E-state index >= 15 is 0 Å². The first kappa shape index (κ1) is 61.6. The Kier molecular flexibility index (Phi) is 36.6. The number of nitrogens with one attached hydrogen (secondary N) is 3. The van der Waals surface area contributed by atoms with E-state index in [1.54, 1.807) is 28.1 Å². The maximum atomic E-state index is 12.0. The van der Waals surface area contributed by atoms with Crippen molar-refractivity contribution in [1.82, 2.24) is 35.2 Å². The van der Waals surface area contributed by atoms with Crippen molar-refractivity contribution in [3.05, 3.63) is 34.7 Å². The molecule has 0 saturated carbocycles. The number of likely N-dealkylation sites (tertiary alicyclic amines) is 1. The summed E-state index contributed by atoms with van der Waals surface area (Å²) in [5, 5.41) is 6.81. The summed E-state index contributed by atoms with van der Waals surface area (Å²) < 4.78 is 1.35. The average Bonchev–Trinajstić information content (AvgIpc) is 3.29. The van der Waals surface area contributed by atoms with Crippen LogP contribution in [-0.2, 0) is 38.4 Å². The molecule has 5 saturated heterocycles. The molecule has 62 heavy (non-hydrogen) atoms. The van der Waals surface area contributed by atoms with E-state index in [1.165, 1.54) is 17.1 Å². The summed E-state index contributed by atoms with van der Waals surface area (Å²) in [6.45, 7) is 31.6. The minimum Gasteiger partial charge on any atom is -0.331 e. The summed E-state index contributed by atoms with van der Waals surface area (Å²) in [5.74, 6) is -1.32. The van der Waals surface area contributed by atoms with Crippen molar-refractivity contribution in [1.29, 1.82) is 0 Å². The topological polar surface area (TPSA) is 204 Å².